The first-order valence-corrected chi connectivity index (χ1v) is 5.08. The number of methoxy groups -OCH3 is 1. The smallest absolute Gasteiger partial charge is 0.163 e. The summed E-state index contributed by atoms with van der Waals surface area (Å²) in [5.74, 6) is 1.79. The fraction of sp³-hybridized carbons (Fsp3) is 0.300. The van der Waals surface area contributed by atoms with Crippen LogP contribution in [0.25, 0.3) is 11.0 Å². The van der Waals surface area contributed by atoms with Crippen molar-refractivity contribution in [1.82, 2.24) is 9.97 Å². The Morgan fingerprint density at radius 1 is 1.40 bits per heavy atom. The number of alkyl halides is 1. The highest BCUT2D eigenvalue weighted by Crippen LogP contribution is 2.30. The van der Waals surface area contributed by atoms with E-state index < -0.39 is 0 Å². The first-order valence-electron chi connectivity index (χ1n) is 4.55. The molecule has 0 aliphatic rings. The van der Waals surface area contributed by atoms with Gasteiger partial charge in [0, 0.05) is 12.1 Å². The largest absolute Gasteiger partial charge is 0.493 e. The highest BCUT2D eigenvalue weighted by molar-refractivity contribution is 6.18. The van der Waals surface area contributed by atoms with E-state index in [1.54, 1.807) is 13.4 Å². The van der Waals surface area contributed by atoms with Gasteiger partial charge in [0.15, 0.2) is 11.5 Å². The molecule has 15 heavy (non-hydrogen) atoms. The number of benzene rings is 1. The molecule has 1 heterocycles. The summed E-state index contributed by atoms with van der Waals surface area (Å²) < 4.78 is 10.6. The van der Waals surface area contributed by atoms with Gasteiger partial charge >= 0.3 is 0 Å². The third-order valence-electron chi connectivity index (χ3n) is 2.04. The monoisotopic (exact) mass is 226 g/mol. The van der Waals surface area contributed by atoms with Crippen LogP contribution in [-0.2, 0) is 0 Å². The summed E-state index contributed by atoms with van der Waals surface area (Å²) in [4.78, 5) is 7.14. The number of hydrogen-bond acceptors (Lipinski definition) is 3. The van der Waals surface area contributed by atoms with Crippen molar-refractivity contribution in [1.29, 1.82) is 0 Å². The lowest BCUT2D eigenvalue weighted by Crippen LogP contribution is -2.00. The summed E-state index contributed by atoms with van der Waals surface area (Å²) in [7, 11) is 1.60. The second-order valence-corrected chi connectivity index (χ2v) is 3.34. The topological polar surface area (TPSA) is 47.1 Å². The van der Waals surface area contributed by atoms with Crippen molar-refractivity contribution in [2.24, 2.45) is 0 Å². The second-order valence-electron chi connectivity index (χ2n) is 2.96. The molecule has 1 N–H and O–H groups in total. The Morgan fingerprint density at radius 3 is 3.00 bits per heavy atom. The number of imidazole rings is 1. The quantitative estimate of drug-likeness (QED) is 0.813. The molecule has 80 valence electrons. The minimum absolute atomic E-state index is 0.449. The normalized spacial score (nSPS) is 10.5. The molecule has 0 radical (unpaired) electrons. The van der Waals surface area contributed by atoms with Gasteiger partial charge in [-0.3, -0.25) is 0 Å². The lowest BCUT2D eigenvalue weighted by atomic mass is 10.3. The zero-order valence-electron chi connectivity index (χ0n) is 8.29. The Balaban J connectivity index is 2.40. The Bertz CT molecular complexity index is 456. The first-order chi connectivity index (χ1) is 7.35. The lowest BCUT2D eigenvalue weighted by Gasteiger charge is -2.09. The molecule has 0 aliphatic heterocycles. The van der Waals surface area contributed by atoms with E-state index in [1.807, 2.05) is 12.1 Å². The van der Waals surface area contributed by atoms with Crippen LogP contribution in [0.5, 0.6) is 11.5 Å². The van der Waals surface area contributed by atoms with Gasteiger partial charge in [0.25, 0.3) is 0 Å². The molecular weight excluding hydrogens is 216 g/mol. The third kappa shape index (κ3) is 1.99. The standard InChI is InChI=1S/C10H11ClN2O2/c1-14-9-4-7-8(13-6-12-7)5-10(9)15-3-2-11/h4-6H,2-3H2,1H3,(H,12,13). The van der Waals surface area contributed by atoms with Crippen LogP contribution in [0.3, 0.4) is 0 Å². The molecule has 0 atom stereocenters. The predicted molar refractivity (Wildman–Crippen MR) is 58.9 cm³/mol. The minimum Gasteiger partial charge on any atom is -0.493 e. The molecule has 1 aromatic carbocycles. The average molecular weight is 227 g/mol. The van der Waals surface area contributed by atoms with Crippen LogP contribution in [0, 0.1) is 0 Å². The van der Waals surface area contributed by atoms with E-state index in [4.69, 9.17) is 21.1 Å². The SMILES string of the molecule is COc1cc2nc[nH]c2cc1OCCCl. The van der Waals surface area contributed by atoms with Crippen molar-refractivity contribution in [3.8, 4) is 11.5 Å². The molecule has 2 aromatic rings. The molecule has 0 aliphatic carbocycles. The number of aromatic nitrogens is 2. The summed E-state index contributed by atoms with van der Waals surface area (Å²) in [6.45, 7) is 0.456. The van der Waals surface area contributed by atoms with Crippen LogP contribution >= 0.6 is 11.6 Å². The van der Waals surface area contributed by atoms with Crippen LogP contribution in [0.4, 0.5) is 0 Å². The number of halogens is 1. The molecule has 0 saturated carbocycles. The molecule has 0 fully saturated rings. The van der Waals surface area contributed by atoms with Crippen molar-refractivity contribution >= 4 is 22.6 Å². The van der Waals surface area contributed by atoms with Crippen molar-refractivity contribution in [2.75, 3.05) is 19.6 Å². The van der Waals surface area contributed by atoms with Gasteiger partial charge in [-0.15, -0.1) is 11.6 Å². The van der Waals surface area contributed by atoms with E-state index in [0.717, 1.165) is 11.0 Å². The molecule has 1 aromatic heterocycles. The molecular formula is C10H11ClN2O2. The number of H-pyrrole nitrogens is 1. The number of ether oxygens (including phenoxy) is 2. The van der Waals surface area contributed by atoms with E-state index >= 15 is 0 Å². The van der Waals surface area contributed by atoms with Gasteiger partial charge in [-0.05, 0) is 0 Å². The third-order valence-corrected chi connectivity index (χ3v) is 2.19. The number of aromatic amines is 1. The molecule has 2 rings (SSSR count). The van der Waals surface area contributed by atoms with Crippen LogP contribution in [0.1, 0.15) is 0 Å². The Morgan fingerprint density at radius 2 is 2.27 bits per heavy atom. The Hall–Kier alpha value is -1.42. The van der Waals surface area contributed by atoms with Crippen molar-refractivity contribution in [3.05, 3.63) is 18.5 Å². The Labute approximate surface area is 92.2 Å². The summed E-state index contributed by atoms with van der Waals surface area (Å²) in [6.07, 6.45) is 1.63. The number of nitrogens with zero attached hydrogens (tertiary/aromatic N) is 1. The van der Waals surface area contributed by atoms with Crippen LogP contribution in [0.2, 0.25) is 0 Å². The first kappa shape index (κ1) is 10.1. The van der Waals surface area contributed by atoms with E-state index in [9.17, 15) is 0 Å². The molecule has 4 nitrogen and oxygen atoms in total. The molecule has 0 saturated heterocycles. The van der Waals surface area contributed by atoms with Gasteiger partial charge in [0.1, 0.15) is 6.61 Å². The van der Waals surface area contributed by atoms with Gasteiger partial charge in [0.2, 0.25) is 0 Å². The number of nitrogens with one attached hydrogen (secondary N) is 1. The second kappa shape index (κ2) is 4.40. The van der Waals surface area contributed by atoms with Gasteiger partial charge < -0.3 is 14.5 Å². The maximum absolute atomic E-state index is 5.56. The van der Waals surface area contributed by atoms with Gasteiger partial charge in [-0.25, -0.2) is 4.98 Å². The summed E-state index contributed by atoms with van der Waals surface area (Å²) in [6, 6.07) is 3.68. The van der Waals surface area contributed by atoms with E-state index in [-0.39, 0.29) is 0 Å². The van der Waals surface area contributed by atoms with E-state index in [0.29, 0.717) is 24.0 Å². The van der Waals surface area contributed by atoms with E-state index in [1.165, 1.54) is 0 Å². The van der Waals surface area contributed by atoms with Gasteiger partial charge in [-0.1, -0.05) is 0 Å². The molecule has 0 bridgehead atoms. The highest BCUT2D eigenvalue weighted by atomic mass is 35.5. The van der Waals surface area contributed by atoms with E-state index in [2.05, 4.69) is 9.97 Å². The number of rotatable bonds is 4. The average Bonchev–Trinajstić information content (AvgIpc) is 2.71. The van der Waals surface area contributed by atoms with Crippen LogP contribution in [0.15, 0.2) is 18.5 Å². The van der Waals surface area contributed by atoms with Crippen LogP contribution in [-0.4, -0.2) is 29.6 Å². The van der Waals surface area contributed by atoms with Gasteiger partial charge in [-0.2, -0.15) is 0 Å². The lowest BCUT2D eigenvalue weighted by molar-refractivity contribution is 0.313. The summed E-state index contributed by atoms with van der Waals surface area (Å²) in [5, 5.41) is 0. The maximum atomic E-state index is 5.56. The highest BCUT2D eigenvalue weighted by Gasteiger charge is 2.07. The minimum atomic E-state index is 0.449. The zero-order chi connectivity index (χ0) is 10.7. The summed E-state index contributed by atoms with van der Waals surface area (Å²) >= 11 is 5.56. The predicted octanol–water partition coefficient (Wildman–Crippen LogP) is 2.19. The number of hydrogen-bond donors (Lipinski definition) is 1. The van der Waals surface area contributed by atoms with Gasteiger partial charge in [0.05, 0.1) is 30.4 Å². The fourth-order valence-corrected chi connectivity index (χ4v) is 1.44. The van der Waals surface area contributed by atoms with Crippen molar-refractivity contribution in [3.63, 3.8) is 0 Å². The Kier molecular flexibility index (Phi) is 2.97. The zero-order valence-corrected chi connectivity index (χ0v) is 9.04. The molecule has 0 unspecified atom stereocenters. The van der Waals surface area contributed by atoms with Crippen molar-refractivity contribution < 1.29 is 9.47 Å². The van der Waals surface area contributed by atoms with Crippen LogP contribution < -0.4 is 9.47 Å². The maximum Gasteiger partial charge on any atom is 0.163 e. The fourth-order valence-electron chi connectivity index (χ4n) is 1.36. The molecule has 5 heteroatoms. The number of fused-ring (bicyclic) bond motifs is 1. The molecule has 0 amide bonds. The van der Waals surface area contributed by atoms with Crippen molar-refractivity contribution in [2.45, 2.75) is 0 Å². The molecule has 0 spiro atoms. The summed E-state index contributed by atoms with van der Waals surface area (Å²) in [5.41, 5.74) is 1.77.